The van der Waals surface area contributed by atoms with Crippen LogP contribution in [0.25, 0.3) is 0 Å². The van der Waals surface area contributed by atoms with Gasteiger partial charge in [0.15, 0.2) is 11.5 Å². The summed E-state index contributed by atoms with van der Waals surface area (Å²) in [6.45, 7) is 0.183. The smallest absolute Gasteiger partial charge is 0.454 e. The molecule has 130 valence electrons. The number of fused-ring (bicyclic) bond motifs is 1. The van der Waals surface area contributed by atoms with E-state index in [2.05, 4.69) is 5.32 Å². The van der Waals surface area contributed by atoms with Gasteiger partial charge in [-0.3, -0.25) is 9.59 Å². The number of ether oxygens (including phenoxy) is 2. The second-order valence-electron chi connectivity index (χ2n) is 5.56. The van der Waals surface area contributed by atoms with Gasteiger partial charge in [0.1, 0.15) is 6.04 Å². The van der Waals surface area contributed by atoms with E-state index in [0.717, 1.165) is 5.56 Å². The quantitative estimate of drug-likeness (QED) is 0.904. The predicted octanol–water partition coefficient (Wildman–Crippen LogP) is 1.58. The molecule has 0 aliphatic carbocycles. The molecule has 2 amide bonds. The fourth-order valence-corrected chi connectivity index (χ4v) is 2.80. The van der Waals surface area contributed by atoms with Crippen LogP contribution in [-0.2, 0) is 16.1 Å². The van der Waals surface area contributed by atoms with Gasteiger partial charge in [-0.15, -0.1) is 0 Å². The summed E-state index contributed by atoms with van der Waals surface area (Å²) in [4.78, 5) is 24.1. The summed E-state index contributed by atoms with van der Waals surface area (Å²) in [5.41, 5.74) is 0.722. The van der Waals surface area contributed by atoms with E-state index in [0.29, 0.717) is 22.8 Å². The Kier molecular flexibility index (Phi) is 4.25. The zero-order valence-corrected chi connectivity index (χ0v) is 12.6. The largest absolute Gasteiger partial charge is 0.471 e. The number of hydrogen-bond donors (Lipinski definition) is 1. The average molecular weight is 344 g/mol. The third-order valence-corrected chi connectivity index (χ3v) is 3.96. The Morgan fingerprint density at radius 2 is 2.00 bits per heavy atom. The summed E-state index contributed by atoms with van der Waals surface area (Å²) >= 11 is 0. The second-order valence-corrected chi connectivity index (χ2v) is 5.56. The van der Waals surface area contributed by atoms with Crippen LogP contribution in [0.2, 0.25) is 0 Å². The predicted molar refractivity (Wildman–Crippen MR) is 75.2 cm³/mol. The molecule has 3 rings (SSSR count). The molecule has 0 radical (unpaired) electrons. The first-order valence-electron chi connectivity index (χ1n) is 7.40. The normalized spacial score (nSPS) is 19.5. The lowest BCUT2D eigenvalue weighted by molar-refractivity contribution is -0.186. The highest BCUT2D eigenvalue weighted by Crippen LogP contribution is 2.32. The van der Waals surface area contributed by atoms with Crippen molar-refractivity contribution in [1.82, 2.24) is 10.2 Å². The number of nitrogens with one attached hydrogen (secondary N) is 1. The van der Waals surface area contributed by atoms with E-state index >= 15 is 0 Å². The standard InChI is InChI=1S/C15H15F3N2O4/c16-15(17,18)14(22)20-5-1-2-10(20)13(21)19-7-9-3-4-11-12(6-9)24-8-23-11/h3-4,6,10H,1-2,5,7-8H2,(H,19,21). The molecule has 1 saturated heterocycles. The van der Waals surface area contributed by atoms with Crippen LogP contribution in [0.5, 0.6) is 11.5 Å². The number of nitrogens with zero attached hydrogens (tertiary/aromatic N) is 1. The molecule has 0 saturated carbocycles. The first-order valence-corrected chi connectivity index (χ1v) is 7.40. The molecule has 24 heavy (non-hydrogen) atoms. The number of halogens is 3. The summed E-state index contributed by atoms with van der Waals surface area (Å²) in [7, 11) is 0. The van der Waals surface area contributed by atoms with E-state index in [4.69, 9.17) is 9.47 Å². The monoisotopic (exact) mass is 344 g/mol. The van der Waals surface area contributed by atoms with Gasteiger partial charge < -0.3 is 19.7 Å². The number of likely N-dealkylation sites (tertiary alicyclic amines) is 1. The van der Waals surface area contributed by atoms with Gasteiger partial charge in [0.05, 0.1) is 0 Å². The molecule has 1 aromatic carbocycles. The minimum Gasteiger partial charge on any atom is -0.454 e. The molecule has 0 bridgehead atoms. The SMILES string of the molecule is O=C(NCc1ccc2c(c1)OCO2)C1CCCN1C(=O)C(F)(F)F. The van der Waals surface area contributed by atoms with Crippen molar-refractivity contribution in [3.63, 3.8) is 0 Å². The lowest BCUT2D eigenvalue weighted by atomic mass is 10.1. The van der Waals surface area contributed by atoms with Crippen LogP contribution in [0.15, 0.2) is 18.2 Å². The molecule has 2 aliphatic rings. The van der Waals surface area contributed by atoms with Crippen molar-refractivity contribution in [3.05, 3.63) is 23.8 Å². The van der Waals surface area contributed by atoms with Gasteiger partial charge in [-0.25, -0.2) is 0 Å². The van der Waals surface area contributed by atoms with Gasteiger partial charge >= 0.3 is 12.1 Å². The summed E-state index contributed by atoms with van der Waals surface area (Å²) in [5, 5.41) is 2.57. The van der Waals surface area contributed by atoms with Crippen LogP contribution in [0.3, 0.4) is 0 Å². The van der Waals surface area contributed by atoms with Gasteiger partial charge in [0.25, 0.3) is 0 Å². The molecule has 6 nitrogen and oxygen atoms in total. The third-order valence-electron chi connectivity index (χ3n) is 3.96. The fraction of sp³-hybridized carbons (Fsp3) is 0.467. The molecule has 1 fully saturated rings. The van der Waals surface area contributed by atoms with E-state index in [-0.39, 0.29) is 26.3 Å². The zero-order valence-electron chi connectivity index (χ0n) is 12.6. The number of carbonyl (C=O) groups excluding carboxylic acids is 2. The van der Waals surface area contributed by atoms with Gasteiger partial charge in [-0.05, 0) is 30.5 Å². The lowest BCUT2D eigenvalue weighted by Gasteiger charge is -2.24. The first kappa shape index (κ1) is 16.4. The van der Waals surface area contributed by atoms with Crippen LogP contribution in [0.1, 0.15) is 18.4 Å². The number of benzene rings is 1. The summed E-state index contributed by atoms with van der Waals surface area (Å²) in [6.07, 6.45) is -4.39. The van der Waals surface area contributed by atoms with E-state index in [1.54, 1.807) is 18.2 Å². The maximum atomic E-state index is 12.6. The molecular formula is C15H15F3N2O4. The summed E-state index contributed by atoms with van der Waals surface area (Å²) < 4.78 is 48.1. The van der Waals surface area contributed by atoms with E-state index < -0.39 is 24.0 Å². The number of rotatable bonds is 3. The van der Waals surface area contributed by atoms with E-state index in [9.17, 15) is 22.8 Å². The van der Waals surface area contributed by atoms with E-state index in [1.807, 2.05) is 0 Å². The number of alkyl halides is 3. The highest BCUT2D eigenvalue weighted by molar-refractivity contribution is 5.90. The van der Waals surface area contributed by atoms with Crippen LogP contribution in [-0.4, -0.2) is 42.3 Å². The molecule has 2 heterocycles. The molecular weight excluding hydrogens is 329 g/mol. The first-order chi connectivity index (χ1) is 11.4. The molecule has 1 atom stereocenters. The molecule has 1 unspecified atom stereocenters. The Morgan fingerprint density at radius 3 is 2.75 bits per heavy atom. The van der Waals surface area contributed by atoms with Crippen molar-refractivity contribution in [2.45, 2.75) is 31.6 Å². The maximum absolute atomic E-state index is 12.6. The zero-order chi connectivity index (χ0) is 17.3. The average Bonchev–Trinajstić information content (AvgIpc) is 3.19. The van der Waals surface area contributed by atoms with Gasteiger partial charge in [-0.2, -0.15) is 13.2 Å². The maximum Gasteiger partial charge on any atom is 0.471 e. The van der Waals surface area contributed by atoms with Gasteiger partial charge in [0, 0.05) is 13.1 Å². The van der Waals surface area contributed by atoms with Crippen molar-refractivity contribution in [1.29, 1.82) is 0 Å². The van der Waals surface area contributed by atoms with Crippen molar-refractivity contribution in [2.24, 2.45) is 0 Å². The third kappa shape index (κ3) is 3.24. The molecule has 1 N–H and O–H groups in total. The highest BCUT2D eigenvalue weighted by atomic mass is 19.4. The van der Waals surface area contributed by atoms with Crippen molar-refractivity contribution >= 4 is 11.8 Å². The minimum absolute atomic E-state index is 0.0690. The molecule has 0 spiro atoms. The number of amides is 2. The van der Waals surface area contributed by atoms with Crippen LogP contribution in [0.4, 0.5) is 13.2 Å². The van der Waals surface area contributed by atoms with Crippen molar-refractivity contribution < 1.29 is 32.2 Å². The Hall–Kier alpha value is -2.45. The Labute approximate surface area is 135 Å². The molecule has 9 heteroatoms. The van der Waals surface area contributed by atoms with Crippen LogP contribution >= 0.6 is 0 Å². The van der Waals surface area contributed by atoms with Crippen molar-refractivity contribution in [2.75, 3.05) is 13.3 Å². The lowest BCUT2D eigenvalue weighted by Crippen LogP contribution is -2.50. The highest BCUT2D eigenvalue weighted by Gasteiger charge is 2.47. The van der Waals surface area contributed by atoms with Crippen molar-refractivity contribution in [3.8, 4) is 11.5 Å². The minimum atomic E-state index is -4.97. The number of hydrogen-bond acceptors (Lipinski definition) is 4. The summed E-state index contributed by atoms with van der Waals surface area (Å²) in [6, 6.07) is 4.02. The molecule has 2 aliphatic heterocycles. The topological polar surface area (TPSA) is 67.9 Å². The Bertz CT molecular complexity index is 663. The fourth-order valence-electron chi connectivity index (χ4n) is 2.80. The van der Waals surface area contributed by atoms with Gasteiger partial charge in [-0.1, -0.05) is 6.07 Å². The molecule has 0 aromatic heterocycles. The van der Waals surface area contributed by atoms with Crippen LogP contribution in [0, 0.1) is 0 Å². The summed E-state index contributed by atoms with van der Waals surface area (Å²) in [5.74, 6) is -1.41. The Balaban J connectivity index is 1.61. The van der Waals surface area contributed by atoms with Gasteiger partial charge in [0.2, 0.25) is 12.7 Å². The number of carbonyl (C=O) groups is 2. The van der Waals surface area contributed by atoms with Crippen LogP contribution < -0.4 is 14.8 Å². The van der Waals surface area contributed by atoms with E-state index in [1.165, 1.54) is 0 Å². The Morgan fingerprint density at radius 1 is 1.25 bits per heavy atom. The second kappa shape index (κ2) is 6.21. The molecule has 1 aromatic rings.